The van der Waals surface area contributed by atoms with E-state index in [1.54, 1.807) is 0 Å². The Kier molecular flexibility index (Phi) is 4.34. The van der Waals surface area contributed by atoms with E-state index in [1.807, 2.05) is 60.7 Å². The van der Waals surface area contributed by atoms with Gasteiger partial charge in [-0.05, 0) is 12.1 Å². The van der Waals surface area contributed by atoms with Crippen LogP contribution < -0.4 is 4.74 Å². The molecule has 19 heavy (non-hydrogen) atoms. The van der Waals surface area contributed by atoms with Crippen molar-refractivity contribution in [1.82, 2.24) is 0 Å². The molecule has 0 atom stereocenters. The number of methoxy groups -OCH3 is 1. The van der Waals surface area contributed by atoms with Crippen LogP contribution in [0.15, 0.2) is 66.7 Å². The molecule has 0 aromatic heterocycles. The Bertz CT molecular complexity index is 559. The van der Waals surface area contributed by atoms with E-state index in [1.165, 1.54) is 13.2 Å². The van der Waals surface area contributed by atoms with Gasteiger partial charge in [0, 0.05) is 5.56 Å². The molecule has 0 N–H and O–H groups in total. The molecule has 2 rings (SSSR count). The van der Waals surface area contributed by atoms with Gasteiger partial charge in [0.15, 0.2) is 0 Å². The third-order valence-electron chi connectivity index (χ3n) is 2.48. The molecule has 0 fully saturated rings. The molecule has 0 bridgehead atoms. The Labute approximate surface area is 112 Å². The molecular formula is C16H14O3. The fourth-order valence-corrected chi connectivity index (χ4v) is 1.56. The minimum Gasteiger partial charge on any atom is -0.466 e. The lowest BCUT2D eigenvalue weighted by Gasteiger charge is -2.10. The van der Waals surface area contributed by atoms with Crippen LogP contribution in [0.25, 0.3) is 5.76 Å². The maximum Gasteiger partial charge on any atom is 0.334 e. The molecular weight excluding hydrogens is 240 g/mol. The number of hydrogen-bond acceptors (Lipinski definition) is 3. The molecule has 0 heterocycles. The molecule has 2 aromatic rings. The van der Waals surface area contributed by atoms with Crippen molar-refractivity contribution in [2.75, 3.05) is 7.11 Å². The van der Waals surface area contributed by atoms with E-state index in [4.69, 9.17) is 4.74 Å². The Morgan fingerprint density at radius 3 is 2.11 bits per heavy atom. The summed E-state index contributed by atoms with van der Waals surface area (Å²) >= 11 is 0. The smallest absolute Gasteiger partial charge is 0.334 e. The van der Waals surface area contributed by atoms with E-state index in [-0.39, 0.29) is 0 Å². The van der Waals surface area contributed by atoms with Gasteiger partial charge >= 0.3 is 5.97 Å². The van der Waals surface area contributed by atoms with Crippen molar-refractivity contribution in [2.45, 2.75) is 0 Å². The van der Waals surface area contributed by atoms with Gasteiger partial charge in [-0.15, -0.1) is 0 Å². The second kappa shape index (κ2) is 6.40. The van der Waals surface area contributed by atoms with Gasteiger partial charge in [-0.3, -0.25) is 0 Å². The van der Waals surface area contributed by atoms with E-state index in [9.17, 15) is 4.79 Å². The van der Waals surface area contributed by atoms with Crippen LogP contribution in [-0.2, 0) is 9.53 Å². The van der Waals surface area contributed by atoms with Crippen LogP contribution in [0, 0.1) is 0 Å². The number of carbonyl (C=O) groups excluding carboxylic acids is 1. The van der Waals surface area contributed by atoms with Crippen LogP contribution >= 0.6 is 0 Å². The summed E-state index contributed by atoms with van der Waals surface area (Å²) in [6.45, 7) is 0. The highest BCUT2D eigenvalue weighted by atomic mass is 16.5. The highest BCUT2D eigenvalue weighted by Crippen LogP contribution is 2.20. The molecule has 0 aliphatic heterocycles. The molecule has 0 radical (unpaired) electrons. The number of hydrogen-bond donors (Lipinski definition) is 0. The molecule has 0 amide bonds. The van der Waals surface area contributed by atoms with Crippen LogP contribution in [0.5, 0.6) is 5.75 Å². The summed E-state index contributed by atoms with van der Waals surface area (Å²) in [4.78, 5) is 11.4. The molecule has 96 valence electrons. The number of benzene rings is 2. The summed E-state index contributed by atoms with van der Waals surface area (Å²) in [7, 11) is 1.34. The number of para-hydroxylation sites is 1. The average molecular weight is 254 g/mol. The van der Waals surface area contributed by atoms with Gasteiger partial charge in [-0.25, -0.2) is 4.79 Å². The standard InChI is InChI=1S/C16H14O3/c1-18-16(17)12-15(13-8-4-2-5-9-13)19-14-10-6-3-7-11-14/h2-12H,1H3/b15-12-. The lowest BCUT2D eigenvalue weighted by molar-refractivity contribution is -0.134. The SMILES string of the molecule is COC(=O)/C=C(\Oc1ccccc1)c1ccccc1. The van der Waals surface area contributed by atoms with Crippen molar-refractivity contribution < 1.29 is 14.3 Å². The van der Waals surface area contributed by atoms with Gasteiger partial charge in [0.25, 0.3) is 0 Å². The summed E-state index contributed by atoms with van der Waals surface area (Å²) < 4.78 is 10.4. The second-order valence-electron chi connectivity index (χ2n) is 3.81. The van der Waals surface area contributed by atoms with Gasteiger partial charge < -0.3 is 9.47 Å². The minimum absolute atomic E-state index is 0.449. The van der Waals surface area contributed by atoms with E-state index < -0.39 is 5.97 Å². The van der Waals surface area contributed by atoms with Crippen LogP contribution in [-0.4, -0.2) is 13.1 Å². The first-order valence-corrected chi connectivity index (χ1v) is 5.87. The summed E-state index contributed by atoms with van der Waals surface area (Å²) in [5, 5.41) is 0. The minimum atomic E-state index is -0.449. The van der Waals surface area contributed by atoms with Crippen LogP contribution in [0.1, 0.15) is 5.56 Å². The maximum atomic E-state index is 11.4. The number of esters is 1. The molecule has 0 saturated heterocycles. The summed E-state index contributed by atoms with van der Waals surface area (Å²) in [5.74, 6) is 0.676. The fourth-order valence-electron chi connectivity index (χ4n) is 1.56. The number of rotatable bonds is 4. The Balaban J connectivity index is 2.30. The van der Waals surface area contributed by atoms with Crippen molar-refractivity contribution in [3.63, 3.8) is 0 Å². The Morgan fingerprint density at radius 2 is 1.53 bits per heavy atom. The third-order valence-corrected chi connectivity index (χ3v) is 2.48. The van der Waals surface area contributed by atoms with Gasteiger partial charge in [0.1, 0.15) is 11.5 Å². The van der Waals surface area contributed by atoms with Gasteiger partial charge in [-0.1, -0.05) is 48.5 Å². The largest absolute Gasteiger partial charge is 0.466 e. The zero-order chi connectivity index (χ0) is 13.5. The predicted octanol–water partition coefficient (Wildman–Crippen LogP) is 3.28. The quantitative estimate of drug-likeness (QED) is 0.477. The average Bonchev–Trinajstić information content (AvgIpc) is 2.48. The van der Waals surface area contributed by atoms with Crippen molar-refractivity contribution in [2.24, 2.45) is 0 Å². The van der Waals surface area contributed by atoms with Crippen LogP contribution in [0.2, 0.25) is 0 Å². The lowest BCUT2D eigenvalue weighted by atomic mass is 10.2. The third kappa shape index (κ3) is 3.71. The van der Waals surface area contributed by atoms with Crippen LogP contribution in [0.3, 0.4) is 0 Å². The Morgan fingerprint density at radius 1 is 0.947 bits per heavy atom. The first-order chi connectivity index (χ1) is 9.29. The monoisotopic (exact) mass is 254 g/mol. The molecule has 0 spiro atoms. The van der Waals surface area contributed by atoms with Crippen molar-refractivity contribution in [1.29, 1.82) is 0 Å². The first kappa shape index (κ1) is 12.9. The lowest BCUT2D eigenvalue weighted by Crippen LogP contribution is -2.01. The number of carbonyl (C=O) groups is 1. The van der Waals surface area contributed by atoms with E-state index in [2.05, 4.69) is 4.74 Å². The zero-order valence-corrected chi connectivity index (χ0v) is 10.6. The van der Waals surface area contributed by atoms with Gasteiger partial charge in [0.05, 0.1) is 13.2 Å². The van der Waals surface area contributed by atoms with Crippen molar-refractivity contribution >= 4 is 11.7 Å². The summed E-state index contributed by atoms with van der Waals surface area (Å²) in [5.41, 5.74) is 0.816. The highest BCUT2D eigenvalue weighted by Gasteiger charge is 2.07. The molecule has 0 aliphatic rings. The van der Waals surface area contributed by atoms with E-state index >= 15 is 0 Å². The topological polar surface area (TPSA) is 35.5 Å². The fraction of sp³-hybridized carbons (Fsp3) is 0.0625. The van der Waals surface area contributed by atoms with Crippen molar-refractivity contribution in [3.05, 3.63) is 72.3 Å². The van der Waals surface area contributed by atoms with Gasteiger partial charge in [0.2, 0.25) is 0 Å². The molecule has 0 aliphatic carbocycles. The molecule has 0 saturated carbocycles. The highest BCUT2D eigenvalue weighted by molar-refractivity contribution is 5.90. The van der Waals surface area contributed by atoms with Crippen molar-refractivity contribution in [3.8, 4) is 5.75 Å². The first-order valence-electron chi connectivity index (χ1n) is 5.87. The molecule has 3 heteroatoms. The zero-order valence-electron chi connectivity index (χ0n) is 10.6. The summed E-state index contributed by atoms with van der Waals surface area (Å²) in [6, 6.07) is 18.7. The normalized spacial score (nSPS) is 10.9. The van der Waals surface area contributed by atoms with E-state index in [0.29, 0.717) is 11.5 Å². The summed E-state index contributed by atoms with van der Waals surface area (Å²) in [6.07, 6.45) is 1.34. The molecule has 3 nitrogen and oxygen atoms in total. The van der Waals surface area contributed by atoms with E-state index in [0.717, 1.165) is 5.56 Å². The number of ether oxygens (including phenoxy) is 2. The van der Waals surface area contributed by atoms with Gasteiger partial charge in [-0.2, -0.15) is 0 Å². The second-order valence-corrected chi connectivity index (χ2v) is 3.81. The van der Waals surface area contributed by atoms with Crippen LogP contribution in [0.4, 0.5) is 0 Å². The predicted molar refractivity (Wildman–Crippen MR) is 73.5 cm³/mol. The maximum absolute atomic E-state index is 11.4. The Hall–Kier alpha value is -2.55. The molecule has 2 aromatic carbocycles. The molecule has 0 unspecified atom stereocenters.